The van der Waals surface area contributed by atoms with Gasteiger partial charge < -0.3 is 25.3 Å². The number of rotatable bonds is 5. The van der Waals surface area contributed by atoms with Crippen LogP contribution in [-0.2, 0) is 0 Å². The second-order valence-corrected chi connectivity index (χ2v) is 10.8. The fourth-order valence-corrected chi connectivity index (χ4v) is 5.93. The standard InChI is InChI=1S/C28H33F4N5O2/c1-16(2)36-9-5-17(6-10-36)24-14-21-25(22(29)15-34-26(21)35-24)18-7-11-37(12-8-18)27(38)20-4-3-19(13-23(20)33)39-28(30,31)32/h3-4,13-18H,5-12,33H2,1-2H3,(H,34,35). The number of likely N-dealkylation sites (tertiary alicyclic amines) is 2. The highest BCUT2D eigenvalue weighted by atomic mass is 19.4. The zero-order valence-electron chi connectivity index (χ0n) is 22.0. The lowest BCUT2D eigenvalue weighted by Gasteiger charge is -2.34. The van der Waals surface area contributed by atoms with Gasteiger partial charge in [0.25, 0.3) is 5.91 Å². The molecule has 2 aliphatic rings. The van der Waals surface area contributed by atoms with E-state index >= 15 is 4.39 Å². The third-order valence-electron chi connectivity index (χ3n) is 8.05. The number of hydrogen-bond acceptors (Lipinski definition) is 5. The molecular formula is C28H33F4N5O2. The largest absolute Gasteiger partial charge is 0.573 e. The van der Waals surface area contributed by atoms with E-state index in [1.807, 2.05) is 0 Å². The monoisotopic (exact) mass is 547 g/mol. The maximum atomic E-state index is 15.2. The summed E-state index contributed by atoms with van der Waals surface area (Å²) in [5.74, 6) is -0.920. The van der Waals surface area contributed by atoms with Crippen molar-refractivity contribution < 1.29 is 27.1 Å². The Kier molecular flexibility index (Phi) is 7.45. The molecule has 0 aliphatic carbocycles. The SMILES string of the molecule is CC(C)N1CCC(c2cc3c(C4CCN(C(=O)c5ccc(OC(F)(F)F)cc5N)CC4)c(F)cnc3[nH]2)CC1. The average Bonchev–Trinajstić information content (AvgIpc) is 3.32. The Bertz CT molecular complexity index is 1340. The molecule has 2 aliphatic heterocycles. The van der Waals surface area contributed by atoms with Gasteiger partial charge >= 0.3 is 6.36 Å². The van der Waals surface area contributed by atoms with Crippen LogP contribution in [0.2, 0.25) is 0 Å². The highest BCUT2D eigenvalue weighted by Gasteiger charge is 2.33. The van der Waals surface area contributed by atoms with Gasteiger partial charge in [-0.3, -0.25) is 4.79 Å². The highest BCUT2D eigenvalue weighted by Crippen LogP contribution is 2.38. The Labute approximate surface area is 224 Å². The van der Waals surface area contributed by atoms with E-state index in [-0.39, 0.29) is 28.9 Å². The minimum absolute atomic E-state index is 0.0918. The lowest BCUT2D eigenvalue weighted by atomic mass is 9.87. The Morgan fingerprint density at radius 2 is 1.74 bits per heavy atom. The molecule has 3 aromatic rings. The van der Waals surface area contributed by atoms with Crippen molar-refractivity contribution >= 4 is 22.6 Å². The first-order valence-corrected chi connectivity index (χ1v) is 13.4. The van der Waals surface area contributed by atoms with Gasteiger partial charge in [0.05, 0.1) is 11.8 Å². The van der Waals surface area contributed by atoms with E-state index in [0.29, 0.717) is 49.1 Å². The molecule has 0 saturated carbocycles. The number of alkyl halides is 3. The highest BCUT2D eigenvalue weighted by molar-refractivity contribution is 5.99. The van der Waals surface area contributed by atoms with Crippen molar-refractivity contribution in [3.05, 3.63) is 53.1 Å². The Morgan fingerprint density at radius 3 is 2.36 bits per heavy atom. The number of nitrogens with zero attached hydrogens (tertiary/aromatic N) is 3. The number of carbonyl (C=O) groups excluding carboxylic acids is 1. The van der Waals surface area contributed by atoms with Crippen molar-refractivity contribution in [2.75, 3.05) is 31.9 Å². The van der Waals surface area contributed by atoms with Crippen LogP contribution in [0.3, 0.4) is 0 Å². The molecule has 0 atom stereocenters. The topological polar surface area (TPSA) is 87.5 Å². The summed E-state index contributed by atoms with van der Waals surface area (Å²) >= 11 is 0. The summed E-state index contributed by atoms with van der Waals surface area (Å²) in [6.45, 7) is 7.22. The number of aromatic amines is 1. The number of piperidine rings is 2. The number of hydrogen-bond donors (Lipinski definition) is 2. The average molecular weight is 548 g/mol. The summed E-state index contributed by atoms with van der Waals surface area (Å²) in [6, 6.07) is 5.88. The van der Waals surface area contributed by atoms with E-state index in [2.05, 4.69) is 39.5 Å². The van der Waals surface area contributed by atoms with Crippen molar-refractivity contribution in [3.8, 4) is 5.75 Å². The molecule has 1 aromatic carbocycles. The third-order valence-corrected chi connectivity index (χ3v) is 8.05. The molecule has 210 valence electrons. The van der Waals surface area contributed by atoms with Crippen LogP contribution >= 0.6 is 0 Å². The van der Waals surface area contributed by atoms with Gasteiger partial charge in [-0.05, 0) is 76.7 Å². The van der Waals surface area contributed by atoms with Crippen molar-refractivity contribution in [1.29, 1.82) is 0 Å². The van der Waals surface area contributed by atoms with E-state index in [9.17, 15) is 18.0 Å². The third kappa shape index (κ3) is 5.83. The van der Waals surface area contributed by atoms with Crippen molar-refractivity contribution in [3.63, 3.8) is 0 Å². The molecule has 2 saturated heterocycles. The van der Waals surface area contributed by atoms with Crippen LogP contribution < -0.4 is 10.5 Å². The van der Waals surface area contributed by atoms with Crippen LogP contribution in [0.1, 0.15) is 73.0 Å². The molecule has 4 heterocycles. The molecular weight excluding hydrogens is 514 g/mol. The molecule has 2 fully saturated rings. The van der Waals surface area contributed by atoms with Crippen molar-refractivity contribution in [1.82, 2.24) is 19.8 Å². The predicted molar refractivity (Wildman–Crippen MR) is 140 cm³/mol. The van der Waals surface area contributed by atoms with Gasteiger partial charge in [0.15, 0.2) is 0 Å². The first kappa shape index (κ1) is 27.2. The number of halogens is 4. The number of fused-ring (bicyclic) bond motifs is 1. The van der Waals surface area contributed by atoms with Gasteiger partial charge in [0, 0.05) is 53.4 Å². The van der Waals surface area contributed by atoms with Crippen molar-refractivity contribution in [2.45, 2.75) is 63.8 Å². The summed E-state index contributed by atoms with van der Waals surface area (Å²) in [4.78, 5) is 24.9. The lowest BCUT2D eigenvalue weighted by molar-refractivity contribution is -0.274. The number of nitrogens with two attached hydrogens (primary N) is 1. The summed E-state index contributed by atoms with van der Waals surface area (Å²) in [7, 11) is 0. The second-order valence-electron chi connectivity index (χ2n) is 10.8. The van der Waals surface area contributed by atoms with Crippen LogP contribution in [0, 0.1) is 5.82 Å². The maximum Gasteiger partial charge on any atom is 0.573 e. The quantitative estimate of drug-likeness (QED) is 0.312. The minimum atomic E-state index is -4.85. The normalized spacial score (nSPS) is 18.3. The Balaban J connectivity index is 1.28. The van der Waals surface area contributed by atoms with Crippen LogP contribution in [0.4, 0.5) is 23.2 Å². The molecule has 0 bridgehead atoms. The maximum absolute atomic E-state index is 15.2. The Morgan fingerprint density at radius 1 is 1.08 bits per heavy atom. The molecule has 1 amide bonds. The van der Waals surface area contributed by atoms with Gasteiger partial charge in [-0.15, -0.1) is 13.2 Å². The van der Waals surface area contributed by atoms with E-state index in [4.69, 9.17) is 5.73 Å². The summed E-state index contributed by atoms with van der Waals surface area (Å²) in [5.41, 5.74) is 8.29. The number of ether oxygens (including phenoxy) is 1. The van der Waals surface area contributed by atoms with Crippen LogP contribution in [0.5, 0.6) is 5.75 Å². The summed E-state index contributed by atoms with van der Waals surface area (Å²) in [5, 5.41) is 0.797. The minimum Gasteiger partial charge on any atom is -0.406 e. The summed E-state index contributed by atoms with van der Waals surface area (Å²) < 4.78 is 56.5. The van der Waals surface area contributed by atoms with E-state index in [1.54, 1.807) is 4.90 Å². The van der Waals surface area contributed by atoms with E-state index in [1.165, 1.54) is 12.3 Å². The Hall–Kier alpha value is -3.34. The fourth-order valence-electron chi connectivity index (χ4n) is 5.93. The van der Waals surface area contributed by atoms with Crippen LogP contribution in [0.25, 0.3) is 11.0 Å². The molecule has 0 unspecified atom stereocenters. The number of aromatic nitrogens is 2. The lowest BCUT2D eigenvalue weighted by Crippen LogP contribution is -2.38. The molecule has 5 rings (SSSR count). The van der Waals surface area contributed by atoms with E-state index < -0.39 is 12.1 Å². The van der Waals surface area contributed by atoms with E-state index in [0.717, 1.165) is 49.1 Å². The molecule has 0 radical (unpaired) electrons. The van der Waals surface area contributed by atoms with Gasteiger partial charge in [0.2, 0.25) is 0 Å². The number of nitrogen functional groups attached to an aromatic ring is 1. The zero-order valence-corrected chi connectivity index (χ0v) is 22.0. The molecule has 2 aromatic heterocycles. The number of carbonyl (C=O) groups is 1. The first-order valence-electron chi connectivity index (χ1n) is 13.4. The van der Waals surface area contributed by atoms with Gasteiger partial charge in [0.1, 0.15) is 17.2 Å². The number of amides is 1. The predicted octanol–water partition coefficient (Wildman–Crippen LogP) is 5.79. The summed E-state index contributed by atoms with van der Waals surface area (Å²) in [6.07, 6.45) is -0.415. The number of nitrogens with one attached hydrogen (secondary N) is 1. The fraction of sp³-hybridized carbons (Fsp3) is 0.500. The molecule has 0 spiro atoms. The van der Waals surface area contributed by atoms with Gasteiger partial charge in [-0.25, -0.2) is 9.37 Å². The first-order chi connectivity index (χ1) is 18.5. The molecule has 7 nitrogen and oxygen atoms in total. The molecule has 3 N–H and O–H groups in total. The molecule has 39 heavy (non-hydrogen) atoms. The van der Waals surface area contributed by atoms with Crippen LogP contribution in [-0.4, -0.2) is 64.3 Å². The van der Waals surface area contributed by atoms with Crippen molar-refractivity contribution in [2.24, 2.45) is 0 Å². The van der Waals surface area contributed by atoms with Crippen LogP contribution in [0.15, 0.2) is 30.5 Å². The second kappa shape index (κ2) is 10.7. The number of H-pyrrole nitrogens is 1. The molecule has 11 heteroatoms. The zero-order chi connectivity index (χ0) is 27.9. The number of benzene rings is 1. The number of pyridine rings is 1. The number of anilines is 1. The van der Waals surface area contributed by atoms with Gasteiger partial charge in [-0.2, -0.15) is 0 Å². The smallest absolute Gasteiger partial charge is 0.406 e. The van der Waals surface area contributed by atoms with Gasteiger partial charge in [-0.1, -0.05) is 0 Å².